The van der Waals surface area contributed by atoms with Crippen LogP contribution in [0.1, 0.15) is 25.5 Å². The Hall–Kier alpha value is -2.93. The van der Waals surface area contributed by atoms with Crippen LogP contribution in [-0.4, -0.2) is 31.0 Å². The maximum Gasteiger partial charge on any atom is 0.265 e. The molecule has 0 aliphatic heterocycles. The first-order valence-corrected chi connectivity index (χ1v) is 11.2. The molecule has 3 aromatic rings. The van der Waals surface area contributed by atoms with E-state index >= 15 is 0 Å². The molecule has 0 amide bonds. The summed E-state index contributed by atoms with van der Waals surface area (Å²) in [5, 5.41) is 0. The normalized spacial score (nSPS) is 13.8. The van der Waals surface area contributed by atoms with Crippen molar-refractivity contribution in [1.29, 1.82) is 0 Å². The van der Waals surface area contributed by atoms with E-state index in [-0.39, 0.29) is 4.90 Å². The molecule has 1 aliphatic rings. The molecule has 0 atom stereocenters. The van der Waals surface area contributed by atoms with E-state index in [0.717, 1.165) is 24.4 Å². The molecule has 0 bridgehead atoms. The quantitative estimate of drug-likeness (QED) is 0.566. The maximum absolute atomic E-state index is 13.1. The number of rotatable bonds is 8. The van der Waals surface area contributed by atoms with Crippen LogP contribution in [0.4, 0.5) is 11.5 Å². The number of aromatic nitrogens is 2. The summed E-state index contributed by atoms with van der Waals surface area (Å²) < 4.78 is 27.7. The summed E-state index contributed by atoms with van der Waals surface area (Å²) in [4.78, 5) is 11.3. The highest BCUT2D eigenvalue weighted by Gasteiger charge is 2.31. The number of anilines is 2. The standard InChI is InChI=1S/C22H24N4O2S/c1-2-26(20-9-4-3-5-10-20)29(27,28)21-13-14-22(24-16-21)25(19-11-12-19)17-18-8-6-7-15-23-18/h3-10,13-16,19H,2,11-12,17H2,1H3. The van der Waals surface area contributed by atoms with Crippen LogP contribution in [0.15, 0.2) is 78.0 Å². The molecule has 1 aliphatic carbocycles. The van der Waals surface area contributed by atoms with Gasteiger partial charge in [-0.1, -0.05) is 24.3 Å². The number of benzene rings is 1. The van der Waals surface area contributed by atoms with Crippen molar-refractivity contribution in [2.45, 2.75) is 37.2 Å². The minimum Gasteiger partial charge on any atom is -0.348 e. The van der Waals surface area contributed by atoms with Gasteiger partial charge in [-0.3, -0.25) is 9.29 Å². The van der Waals surface area contributed by atoms with Crippen LogP contribution in [0.2, 0.25) is 0 Å². The third-order valence-electron chi connectivity index (χ3n) is 4.98. The fraction of sp³-hybridized carbons (Fsp3) is 0.273. The van der Waals surface area contributed by atoms with E-state index in [4.69, 9.17) is 0 Å². The smallest absolute Gasteiger partial charge is 0.265 e. The maximum atomic E-state index is 13.1. The highest BCUT2D eigenvalue weighted by molar-refractivity contribution is 7.92. The first kappa shape index (κ1) is 19.4. The number of pyridine rings is 2. The van der Waals surface area contributed by atoms with E-state index in [1.54, 1.807) is 30.5 Å². The Morgan fingerprint density at radius 2 is 1.72 bits per heavy atom. The molecule has 0 unspecified atom stereocenters. The molecule has 2 heterocycles. The molecule has 150 valence electrons. The molecule has 0 spiro atoms. The van der Waals surface area contributed by atoms with Crippen molar-refractivity contribution >= 4 is 21.5 Å². The predicted molar refractivity (Wildman–Crippen MR) is 114 cm³/mol. The van der Waals surface area contributed by atoms with Crippen molar-refractivity contribution in [3.05, 3.63) is 78.8 Å². The van der Waals surface area contributed by atoms with E-state index in [1.165, 1.54) is 10.5 Å². The van der Waals surface area contributed by atoms with Crippen LogP contribution in [0.5, 0.6) is 0 Å². The van der Waals surface area contributed by atoms with Gasteiger partial charge in [-0.25, -0.2) is 13.4 Å². The van der Waals surface area contributed by atoms with Crippen LogP contribution < -0.4 is 9.21 Å². The van der Waals surface area contributed by atoms with Crippen LogP contribution in [0, 0.1) is 0 Å². The first-order chi connectivity index (χ1) is 14.1. The molecule has 6 nitrogen and oxygen atoms in total. The lowest BCUT2D eigenvalue weighted by molar-refractivity contribution is 0.591. The molecule has 1 aromatic carbocycles. The average molecular weight is 409 g/mol. The summed E-state index contributed by atoms with van der Waals surface area (Å²) in [6, 6.07) is 18.9. The lowest BCUT2D eigenvalue weighted by Crippen LogP contribution is -2.31. The summed E-state index contributed by atoms with van der Waals surface area (Å²) in [5.74, 6) is 0.778. The van der Waals surface area contributed by atoms with Crippen molar-refractivity contribution in [2.75, 3.05) is 15.7 Å². The number of hydrogen-bond donors (Lipinski definition) is 0. The molecular formula is C22H24N4O2S. The number of para-hydroxylation sites is 1. The largest absolute Gasteiger partial charge is 0.348 e. The van der Waals surface area contributed by atoms with E-state index in [2.05, 4.69) is 14.9 Å². The van der Waals surface area contributed by atoms with E-state index in [1.807, 2.05) is 43.3 Å². The predicted octanol–water partition coefficient (Wildman–Crippen LogP) is 3.86. The van der Waals surface area contributed by atoms with E-state index < -0.39 is 10.0 Å². The van der Waals surface area contributed by atoms with Crippen molar-refractivity contribution in [3.63, 3.8) is 0 Å². The van der Waals surface area contributed by atoms with Crippen LogP contribution >= 0.6 is 0 Å². The summed E-state index contributed by atoms with van der Waals surface area (Å²) in [6.07, 6.45) is 5.48. The highest BCUT2D eigenvalue weighted by Crippen LogP contribution is 2.32. The summed E-state index contributed by atoms with van der Waals surface area (Å²) in [6.45, 7) is 2.84. The first-order valence-electron chi connectivity index (χ1n) is 9.80. The number of sulfonamides is 1. The molecular weight excluding hydrogens is 384 g/mol. The van der Waals surface area contributed by atoms with Gasteiger partial charge < -0.3 is 4.90 Å². The van der Waals surface area contributed by atoms with Crippen molar-refractivity contribution in [3.8, 4) is 0 Å². The second-order valence-corrected chi connectivity index (χ2v) is 8.90. The van der Waals surface area contributed by atoms with Crippen molar-refractivity contribution in [1.82, 2.24) is 9.97 Å². The van der Waals surface area contributed by atoms with Gasteiger partial charge in [0.05, 0.1) is 17.9 Å². The Morgan fingerprint density at radius 1 is 0.966 bits per heavy atom. The molecule has 1 fully saturated rings. The third kappa shape index (κ3) is 4.24. The van der Waals surface area contributed by atoms with Gasteiger partial charge in [0.2, 0.25) is 0 Å². The molecule has 0 radical (unpaired) electrons. The van der Waals surface area contributed by atoms with Crippen molar-refractivity contribution < 1.29 is 8.42 Å². The minimum absolute atomic E-state index is 0.195. The monoisotopic (exact) mass is 408 g/mol. The SMILES string of the molecule is CCN(c1ccccc1)S(=O)(=O)c1ccc(N(Cc2ccccn2)C2CC2)nc1. The van der Waals surface area contributed by atoms with Gasteiger partial charge in [0.15, 0.2) is 0 Å². The summed E-state index contributed by atoms with van der Waals surface area (Å²) >= 11 is 0. The molecule has 4 rings (SSSR count). The van der Waals surface area contributed by atoms with Crippen LogP contribution in [-0.2, 0) is 16.6 Å². The zero-order valence-corrected chi connectivity index (χ0v) is 17.2. The zero-order chi connectivity index (χ0) is 20.3. The van der Waals surface area contributed by atoms with Gasteiger partial charge in [-0.2, -0.15) is 0 Å². The molecule has 7 heteroatoms. The highest BCUT2D eigenvalue weighted by atomic mass is 32.2. The minimum atomic E-state index is -3.67. The Labute approximate surface area is 171 Å². The molecule has 1 saturated carbocycles. The van der Waals surface area contributed by atoms with Gasteiger partial charge in [0.1, 0.15) is 10.7 Å². The zero-order valence-electron chi connectivity index (χ0n) is 16.3. The Morgan fingerprint density at radius 3 is 2.31 bits per heavy atom. The molecule has 0 saturated heterocycles. The summed E-state index contributed by atoms with van der Waals surface area (Å²) in [7, 11) is -3.67. The number of hydrogen-bond acceptors (Lipinski definition) is 5. The van der Waals surface area contributed by atoms with Crippen LogP contribution in [0.25, 0.3) is 0 Å². The molecule has 0 N–H and O–H groups in total. The van der Waals surface area contributed by atoms with Gasteiger partial charge in [-0.05, 0) is 56.2 Å². The van der Waals surface area contributed by atoms with Gasteiger partial charge in [0, 0.05) is 25.0 Å². The topological polar surface area (TPSA) is 66.4 Å². The third-order valence-corrected chi connectivity index (χ3v) is 6.87. The average Bonchev–Trinajstić information content (AvgIpc) is 3.59. The Balaban J connectivity index is 1.59. The Kier molecular flexibility index (Phi) is 5.49. The van der Waals surface area contributed by atoms with Gasteiger partial charge in [0.25, 0.3) is 10.0 Å². The molecule has 29 heavy (non-hydrogen) atoms. The van der Waals surface area contributed by atoms with Crippen molar-refractivity contribution in [2.24, 2.45) is 0 Å². The fourth-order valence-corrected chi connectivity index (χ4v) is 4.78. The Bertz CT molecular complexity index is 1040. The van der Waals surface area contributed by atoms with Gasteiger partial charge >= 0.3 is 0 Å². The van der Waals surface area contributed by atoms with E-state index in [9.17, 15) is 8.42 Å². The lowest BCUT2D eigenvalue weighted by atomic mass is 10.3. The second-order valence-electron chi connectivity index (χ2n) is 7.04. The molecule has 2 aromatic heterocycles. The van der Waals surface area contributed by atoms with E-state index in [0.29, 0.717) is 24.8 Å². The summed E-state index contributed by atoms with van der Waals surface area (Å²) in [5.41, 5.74) is 1.62. The second kappa shape index (κ2) is 8.21. The van der Waals surface area contributed by atoms with Gasteiger partial charge in [-0.15, -0.1) is 0 Å². The number of nitrogens with zero attached hydrogens (tertiary/aromatic N) is 4. The lowest BCUT2D eigenvalue weighted by Gasteiger charge is -2.25. The van der Waals surface area contributed by atoms with Crippen LogP contribution in [0.3, 0.4) is 0 Å². The fourth-order valence-electron chi connectivity index (χ4n) is 3.36.